The fourth-order valence-corrected chi connectivity index (χ4v) is 4.13. The number of esters is 2. The first-order chi connectivity index (χ1) is 18.9. The van der Waals surface area contributed by atoms with Crippen LogP contribution in [0.1, 0.15) is 149 Å². The van der Waals surface area contributed by atoms with Gasteiger partial charge >= 0.3 is 11.9 Å². The molecule has 226 valence electrons. The van der Waals surface area contributed by atoms with Crippen LogP contribution in [0.25, 0.3) is 0 Å². The van der Waals surface area contributed by atoms with E-state index in [1.807, 2.05) is 13.8 Å². The van der Waals surface area contributed by atoms with Gasteiger partial charge in [-0.25, -0.2) is 4.68 Å². The zero-order valence-corrected chi connectivity index (χ0v) is 25.7. The maximum absolute atomic E-state index is 12.5. The summed E-state index contributed by atoms with van der Waals surface area (Å²) in [5.41, 5.74) is 0.708. The van der Waals surface area contributed by atoms with Crippen molar-refractivity contribution in [1.82, 2.24) is 15.0 Å². The second kappa shape index (κ2) is 26.0. The minimum absolute atomic E-state index is 0.000725. The molecule has 0 aliphatic rings. The van der Waals surface area contributed by atoms with Gasteiger partial charge in [0, 0.05) is 25.5 Å². The fourth-order valence-electron chi connectivity index (χ4n) is 4.13. The quantitative estimate of drug-likeness (QED) is 0.0965. The number of aromatic nitrogens is 3. The van der Waals surface area contributed by atoms with E-state index in [0.29, 0.717) is 31.4 Å². The van der Waals surface area contributed by atoms with Gasteiger partial charge in [0.2, 0.25) is 0 Å². The van der Waals surface area contributed by atoms with E-state index < -0.39 is 6.10 Å². The molecule has 1 unspecified atom stereocenters. The predicted octanol–water partition coefficient (Wildman–Crippen LogP) is 7.56. The minimum atomic E-state index is -0.627. The molecule has 1 aromatic heterocycles. The molecule has 1 aromatic rings. The molecular formula is C31H57N3O5. The van der Waals surface area contributed by atoms with Crippen LogP contribution in [-0.4, -0.2) is 45.4 Å². The van der Waals surface area contributed by atoms with Crippen LogP contribution in [0.5, 0.6) is 0 Å². The van der Waals surface area contributed by atoms with Gasteiger partial charge in [-0.3, -0.25) is 9.59 Å². The Hall–Kier alpha value is -2.25. The third-order valence-electron chi connectivity index (χ3n) is 6.41. The highest BCUT2D eigenvalue weighted by atomic mass is 16.6. The van der Waals surface area contributed by atoms with Gasteiger partial charge in [-0.15, -0.1) is 5.10 Å². The molecule has 0 saturated heterocycles. The Bertz CT molecular complexity index is 750. The lowest BCUT2D eigenvalue weighted by Gasteiger charge is -2.18. The largest absolute Gasteiger partial charge is 0.462 e. The monoisotopic (exact) mass is 551 g/mol. The first-order valence-electron chi connectivity index (χ1n) is 15.7. The van der Waals surface area contributed by atoms with Gasteiger partial charge in [-0.2, -0.15) is 0 Å². The number of hydrogen-bond donors (Lipinski definition) is 0. The maximum atomic E-state index is 12.5. The first kappa shape index (κ1) is 36.8. The van der Waals surface area contributed by atoms with Crippen molar-refractivity contribution in [3.63, 3.8) is 0 Å². The standard InChI is InChI=1S/C29H51N3O5.C2H6/c1-4-6-8-10-12-14-16-18-28(34)36-24-27(23-32-22-26(30-31-32)21-20-25(3)33)37-29(35)19-17-15-13-11-9-7-5-2;1-2/h22,27H,4-21,23-24H2,1-3H3;1-2H3. The second-order valence-electron chi connectivity index (χ2n) is 10.2. The molecule has 0 fully saturated rings. The van der Waals surface area contributed by atoms with Crippen LogP contribution in [0, 0.1) is 0 Å². The normalized spacial score (nSPS) is 11.4. The Kier molecular flexibility index (Phi) is 24.5. The molecule has 0 bridgehead atoms. The molecule has 1 rings (SSSR count). The Balaban J connectivity index is 0.00000704. The molecule has 8 nitrogen and oxygen atoms in total. The Morgan fingerprint density at radius 2 is 1.28 bits per heavy atom. The summed E-state index contributed by atoms with van der Waals surface area (Å²) in [6, 6.07) is 0. The highest BCUT2D eigenvalue weighted by Gasteiger charge is 2.19. The molecule has 0 saturated carbocycles. The lowest BCUT2D eigenvalue weighted by molar-refractivity contribution is -0.160. The van der Waals surface area contributed by atoms with Gasteiger partial charge in [0.25, 0.3) is 0 Å². The van der Waals surface area contributed by atoms with Crippen molar-refractivity contribution >= 4 is 17.7 Å². The third kappa shape index (κ3) is 22.3. The molecule has 0 aromatic carbocycles. The SMILES string of the molecule is CC.CCCCCCCCCC(=O)OCC(Cn1cc(CCC(C)=O)nn1)OC(=O)CCCCCCCCC. The van der Waals surface area contributed by atoms with Crippen LogP contribution in [0.3, 0.4) is 0 Å². The van der Waals surface area contributed by atoms with Gasteiger partial charge in [0.1, 0.15) is 12.4 Å². The average Bonchev–Trinajstić information content (AvgIpc) is 3.38. The topological polar surface area (TPSA) is 100 Å². The average molecular weight is 552 g/mol. The summed E-state index contributed by atoms with van der Waals surface area (Å²) in [4.78, 5) is 36.0. The molecule has 0 radical (unpaired) electrons. The molecule has 0 amide bonds. The van der Waals surface area contributed by atoms with Gasteiger partial charge in [-0.05, 0) is 26.2 Å². The summed E-state index contributed by atoms with van der Waals surface area (Å²) < 4.78 is 12.7. The van der Waals surface area contributed by atoms with E-state index in [2.05, 4.69) is 24.2 Å². The van der Waals surface area contributed by atoms with E-state index in [9.17, 15) is 14.4 Å². The van der Waals surface area contributed by atoms with Crippen molar-refractivity contribution in [2.75, 3.05) is 6.61 Å². The molecule has 39 heavy (non-hydrogen) atoms. The molecule has 8 heteroatoms. The summed E-state index contributed by atoms with van der Waals surface area (Å²) in [6.45, 7) is 10.2. The van der Waals surface area contributed by atoms with Gasteiger partial charge in [-0.1, -0.05) is 110 Å². The molecule has 1 heterocycles. The van der Waals surface area contributed by atoms with Crippen LogP contribution in [0.4, 0.5) is 0 Å². The first-order valence-corrected chi connectivity index (χ1v) is 15.7. The molecule has 0 aliphatic carbocycles. The van der Waals surface area contributed by atoms with Crippen LogP contribution in [-0.2, 0) is 36.8 Å². The zero-order valence-electron chi connectivity index (χ0n) is 25.7. The van der Waals surface area contributed by atoms with Crippen LogP contribution in [0.2, 0.25) is 0 Å². The van der Waals surface area contributed by atoms with E-state index >= 15 is 0 Å². The smallest absolute Gasteiger partial charge is 0.306 e. The predicted molar refractivity (Wildman–Crippen MR) is 156 cm³/mol. The molecule has 0 N–H and O–H groups in total. The Morgan fingerprint density at radius 3 is 1.82 bits per heavy atom. The number of aryl methyl sites for hydroxylation is 1. The number of ketones is 1. The molecule has 1 atom stereocenters. The number of hydrogen-bond acceptors (Lipinski definition) is 7. The van der Waals surface area contributed by atoms with Gasteiger partial charge < -0.3 is 14.3 Å². The fraction of sp³-hybridized carbons (Fsp3) is 0.839. The number of Topliss-reactive ketones (excluding diaryl/α,β-unsaturated/α-hetero) is 1. The van der Waals surface area contributed by atoms with Crippen molar-refractivity contribution in [2.45, 2.75) is 163 Å². The highest BCUT2D eigenvalue weighted by Crippen LogP contribution is 2.12. The summed E-state index contributed by atoms with van der Waals surface area (Å²) >= 11 is 0. The van der Waals surface area contributed by atoms with Crippen molar-refractivity contribution in [2.24, 2.45) is 0 Å². The summed E-state index contributed by atoms with van der Waals surface area (Å²) in [5.74, 6) is -0.444. The number of unbranched alkanes of at least 4 members (excludes halogenated alkanes) is 12. The zero-order chi connectivity index (χ0) is 29.1. The molecule has 0 spiro atoms. The van der Waals surface area contributed by atoms with Crippen molar-refractivity contribution < 1.29 is 23.9 Å². The number of rotatable bonds is 24. The minimum Gasteiger partial charge on any atom is -0.462 e. The van der Waals surface area contributed by atoms with E-state index in [-0.39, 0.29) is 30.9 Å². The maximum Gasteiger partial charge on any atom is 0.306 e. The third-order valence-corrected chi connectivity index (χ3v) is 6.41. The van der Waals surface area contributed by atoms with E-state index in [1.54, 1.807) is 17.8 Å². The number of ether oxygens (including phenoxy) is 2. The van der Waals surface area contributed by atoms with Gasteiger partial charge in [0.15, 0.2) is 6.10 Å². The second-order valence-corrected chi connectivity index (χ2v) is 10.2. The lowest BCUT2D eigenvalue weighted by Crippen LogP contribution is -2.30. The van der Waals surface area contributed by atoms with Gasteiger partial charge in [0.05, 0.1) is 12.2 Å². The number of nitrogens with zero attached hydrogens (tertiary/aromatic N) is 3. The Labute approximate surface area is 238 Å². The lowest BCUT2D eigenvalue weighted by atomic mass is 10.1. The number of carbonyl (C=O) groups is 3. The van der Waals surface area contributed by atoms with Crippen LogP contribution in [0.15, 0.2) is 6.20 Å². The van der Waals surface area contributed by atoms with E-state index in [0.717, 1.165) is 38.5 Å². The van der Waals surface area contributed by atoms with Crippen molar-refractivity contribution in [3.8, 4) is 0 Å². The number of carbonyl (C=O) groups excluding carboxylic acids is 3. The van der Waals surface area contributed by atoms with Crippen molar-refractivity contribution in [3.05, 3.63) is 11.9 Å². The van der Waals surface area contributed by atoms with Crippen LogP contribution >= 0.6 is 0 Å². The Morgan fingerprint density at radius 1 is 0.769 bits per heavy atom. The van der Waals surface area contributed by atoms with Crippen LogP contribution < -0.4 is 0 Å². The van der Waals surface area contributed by atoms with Crippen molar-refractivity contribution in [1.29, 1.82) is 0 Å². The van der Waals surface area contributed by atoms with E-state index in [4.69, 9.17) is 9.47 Å². The van der Waals surface area contributed by atoms with E-state index in [1.165, 1.54) is 51.4 Å². The highest BCUT2D eigenvalue weighted by molar-refractivity contribution is 5.75. The molecule has 0 aliphatic heterocycles. The molecular weight excluding hydrogens is 494 g/mol. The summed E-state index contributed by atoms with van der Waals surface area (Å²) in [7, 11) is 0. The summed E-state index contributed by atoms with van der Waals surface area (Å²) in [5, 5.41) is 8.19. The summed E-state index contributed by atoms with van der Waals surface area (Å²) in [6.07, 6.45) is 18.6.